The molecule has 8 rings (SSSR count). The summed E-state index contributed by atoms with van der Waals surface area (Å²) >= 11 is 2.82. The van der Waals surface area contributed by atoms with Gasteiger partial charge in [-0.05, 0) is 164 Å². The number of halogens is 6. The fourth-order valence-electron chi connectivity index (χ4n) is 11.7. The van der Waals surface area contributed by atoms with Crippen LogP contribution in [-0.4, -0.2) is 106 Å². The Kier molecular flexibility index (Phi) is 24.7. The molecule has 4 aliphatic rings. The summed E-state index contributed by atoms with van der Waals surface area (Å²) in [5.74, 6) is -1.92. The predicted molar refractivity (Wildman–Crippen MR) is 333 cm³/mol. The summed E-state index contributed by atoms with van der Waals surface area (Å²) in [6.07, 6.45) is -3.70. The van der Waals surface area contributed by atoms with Gasteiger partial charge in [0.25, 0.3) is 5.91 Å². The molecule has 2 aliphatic heterocycles. The van der Waals surface area contributed by atoms with Crippen LogP contribution in [0.4, 0.5) is 35.9 Å². The average Bonchev–Trinajstić information content (AvgIpc) is 1.81. The lowest BCUT2D eigenvalue weighted by Gasteiger charge is -2.35. The van der Waals surface area contributed by atoms with E-state index in [0.29, 0.717) is 94.0 Å². The third kappa shape index (κ3) is 20.2. The van der Waals surface area contributed by atoms with Crippen LogP contribution in [0.5, 0.6) is 0 Å². The van der Waals surface area contributed by atoms with E-state index in [9.17, 15) is 59.0 Å². The van der Waals surface area contributed by atoms with Gasteiger partial charge in [0.15, 0.2) is 0 Å². The van der Waals surface area contributed by atoms with Crippen LogP contribution in [0.1, 0.15) is 198 Å². The quantitative estimate of drug-likeness (QED) is 0.0939. The largest absolute Gasteiger partial charge is 0.477 e. The number of ether oxygens (including phenoxy) is 2. The number of aromatic nitrogens is 2. The molecular weight excluding hydrogens is 1240 g/mol. The van der Waals surface area contributed by atoms with Crippen molar-refractivity contribution in [2.45, 2.75) is 206 Å². The highest BCUT2D eigenvalue weighted by molar-refractivity contribution is 7.94. The van der Waals surface area contributed by atoms with Crippen LogP contribution >= 0.6 is 22.7 Å². The monoisotopic (exact) mass is 1330 g/mol. The van der Waals surface area contributed by atoms with Crippen LogP contribution < -0.4 is 11.1 Å². The predicted octanol–water partition coefficient (Wildman–Crippen LogP) is 15.4. The summed E-state index contributed by atoms with van der Waals surface area (Å²) < 4.78 is 122. The maximum absolute atomic E-state index is 13.3. The van der Waals surface area contributed by atoms with E-state index in [0.717, 1.165) is 34.0 Å². The molecule has 4 N–H and O–H groups in total. The van der Waals surface area contributed by atoms with Gasteiger partial charge in [-0.3, -0.25) is 24.6 Å². The Bertz CT molecular complexity index is 3320. The van der Waals surface area contributed by atoms with Crippen molar-refractivity contribution in [1.82, 2.24) is 25.1 Å². The van der Waals surface area contributed by atoms with E-state index < -0.39 is 73.0 Å². The average molecular weight is 1330 g/mol. The zero-order valence-electron chi connectivity index (χ0n) is 52.9. The van der Waals surface area contributed by atoms with Gasteiger partial charge in [0.05, 0.1) is 63.9 Å². The second kappa shape index (κ2) is 30.1. The van der Waals surface area contributed by atoms with Gasteiger partial charge in [0, 0.05) is 78.5 Å². The molecule has 3 amide bonds. The first-order valence-corrected chi connectivity index (χ1v) is 35.3. The normalized spacial score (nSPS) is 22.1. The van der Waals surface area contributed by atoms with Crippen molar-refractivity contribution < 1.29 is 68.5 Å². The van der Waals surface area contributed by atoms with E-state index in [1.54, 1.807) is 85.7 Å². The van der Waals surface area contributed by atoms with Crippen LogP contribution in [0.3, 0.4) is 0 Å². The number of nitrogens with two attached hydrogens (primary N) is 1. The molecule has 27 heteroatoms. The lowest BCUT2D eigenvalue weighted by Crippen LogP contribution is -2.35. The van der Waals surface area contributed by atoms with E-state index in [4.69, 9.17) is 15.2 Å². The molecule has 17 nitrogen and oxygen atoms in total. The number of fused-ring (bicyclic) bond motifs is 2. The molecular formula is C62H88F6N8O9S4. The van der Waals surface area contributed by atoms with Crippen LogP contribution in [0.15, 0.2) is 67.3 Å². The Morgan fingerprint density at radius 2 is 1.03 bits per heavy atom. The molecule has 4 aromatic rings. The number of carboxylic acids is 1. The van der Waals surface area contributed by atoms with Gasteiger partial charge in [-0.25, -0.2) is 22.8 Å². The van der Waals surface area contributed by atoms with Gasteiger partial charge in [0.2, 0.25) is 0 Å². The SMILES string of the molecule is CC(C)[C@H]1c2sc(C(=O)O)cc2CN1CC1CCC(C(F)(F)F)CC1.CCS(=O)(=NC(=O)OC(C)(C)C)c1ccc(CN)nc1.CCS(=O)(=NC(=O)OC(C)(C)C)c1ccc(CNC(=O)c2cc3c(s2)[C@H](C(C)C)N(CC2CCC(C(F)(F)F)CC2)C3)nc1. The molecule has 0 aromatic carbocycles. The van der Waals surface area contributed by atoms with Crippen LogP contribution in [-0.2, 0) is 55.1 Å². The Morgan fingerprint density at radius 1 is 0.652 bits per heavy atom. The second-order valence-corrected chi connectivity index (χ2v) is 33.1. The lowest BCUT2D eigenvalue weighted by molar-refractivity contribution is -0.185. The lowest BCUT2D eigenvalue weighted by atomic mass is 9.81. The minimum atomic E-state index is -4.10. The molecule has 496 valence electrons. The summed E-state index contributed by atoms with van der Waals surface area (Å²) in [4.78, 5) is 65.3. The minimum absolute atomic E-state index is 0.112. The summed E-state index contributed by atoms with van der Waals surface area (Å²) in [7, 11) is -5.90. The van der Waals surface area contributed by atoms with Crippen molar-refractivity contribution in [2.75, 3.05) is 24.6 Å². The molecule has 4 aromatic heterocycles. The van der Waals surface area contributed by atoms with E-state index >= 15 is 0 Å². The smallest absolute Gasteiger partial charge is 0.442 e. The maximum Gasteiger partial charge on any atom is 0.442 e. The summed E-state index contributed by atoms with van der Waals surface area (Å²) in [5.41, 5.74) is 7.46. The molecule has 89 heavy (non-hydrogen) atoms. The van der Waals surface area contributed by atoms with Crippen molar-refractivity contribution in [1.29, 1.82) is 0 Å². The third-order valence-electron chi connectivity index (χ3n) is 16.0. The molecule has 2 saturated carbocycles. The van der Waals surface area contributed by atoms with Gasteiger partial charge in [-0.2, -0.15) is 26.3 Å². The fourth-order valence-corrected chi connectivity index (χ4v) is 17.1. The number of pyridine rings is 2. The molecule has 0 spiro atoms. The van der Waals surface area contributed by atoms with Crippen LogP contribution in [0.2, 0.25) is 0 Å². The number of aromatic carboxylic acids is 1. The number of amides is 3. The number of carboxylic acid groups (broad SMARTS) is 1. The number of thiophene rings is 2. The van der Waals surface area contributed by atoms with Crippen molar-refractivity contribution in [3.05, 3.63) is 90.8 Å². The van der Waals surface area contributed by atoms with Crippen molar-refractivity contribution in [3.63, 3.8) is 0 Å². The first-order valence-electron chi connectivity index (χ1n) is 30.3. The Labute approximate surface area is 528 Å². The van der Waals surface area contributed by atoms with Crippen LogP contribution in [0, 0.1) is 35.5 Å². The molecule has 6 heterocycles. The molecule has 0 saturated heterocycles. The van der Waals surface area contributed by atoms with Gasteiger partial charge in [-0.1, -0.05) is 41.5 Å². The van der Waals surface area contributed by atoms with E-state index in [1.807, 2.05) is 6.07 Å². The number of carbonyl (C=O) groups is 4. The number of nitrogens with one attached hydrogen (secondary N) is 1. The first-order chi connectivity index (χ1) is 41.3. The molecule has 4 atom stereocenters. The molecule has 2 aliphatic carbocycles. The molecule has 0 radical (unpaired) electrons. The van der Waals surface area contributed by atoms with Gasteiger partial charge in [-0.15, -0.1) is 31.4 Å². The Morgan fingerprint density at radius 3 is 1.36 bits per heavy atom. The fraction of sp³-hybridized carbons (Fsp3) is 0.645. The molecule has 0 bridgehead atoms. The van der Waals surface area contributed by atoms with Gasteiger partial charge in [0.1, 0.15) is 16.1 Å². The van der Waals surface area contributed by atoms with E-state index in [1.165, 1.54) is 35.1 Å². The highest BCUT2D eigenvalue weighted by Gasteiger charge is 2.45. The Hall–Kier alpha value is -5.06. The number of alkyl halides is 6. The maximum atomic E-state index is 13.3. The van der Waals surface area contributed by atoms with E-state index in [2.05, 4.69) is 61.5 Å². The topological polar surface area (TPSA) is 236 Å². The second-order valence-electron chi connectivity index (χ2n) is 25.9. The van der Waals surface area contributed by atoms with Gasteiger partial charge < -0.3 is 25.6 Å². The van der Waals surface area contributed by atoms with Crippen molar-refractivity contribution in [3.8, 4) is 0 Å². The summed E-state index contributed by atoms with van der Waals surface area (Å²) in [6.45, 7) is 25.6. The third-order valence-corrected chi connectivity index (χ3v) is 22.9. The standard InChI is InChI=1S/C31H43F3N4O4S2.C18H24F3NO2S.C13H21N3O3S/c1-7-44(41,37-29(40)42-30(4,5)6)24-13-12-23(35-16-24)15-36-28(39)25-14-21-18-38(26(19(2)3)27(21)43-25)17-20-8-10-22(11-9-20)31(32,33)34;1-10(2)15-16-12(7-14(25-16)17(23)24)9-22(15)8-11-3-5-13(6-4-11)18(19,20)21;1-5-20(18,16-12(17)19-13(2,3)4)11-7-6-10(8-14)15-9-11/h12-14,16,19-20,22,26H,7-11,15,17-18H2,1-6H3,(H,36,39);7,10-11,13,15H,3-6,8-9H2,1-2H3,(H,23,24);6-7,9H,5,8,14H2,1-4H3/t20?,22?,26-,44?;11?,13?,15-;/m00./s1. The minimum Gasteiger partial charge on any atom is -0.477 e. The number of carbonyl (C=O) groups excluding carboxylic acids is 3. The number of hydrogen-bond donors (Lipinski definition) is 3. The molecule has 2 unspecified atom stereocenters. The van der Waals surface area contributed by atoms with Crippen molar-refractivity contribution in [2.24, 2.45) is 50.0 Å². The highest BCUT2D eigenvalue weighted by Crippen LogP contribution is 2.48. The van der Waals surface area contributed by atoms with Crippen molar-refractivity contribution >= 4 is 66.2 Å². The zero-order valence-corrected chi connectivity index (χ0v) is 56.2. The number of rotatable bonds is 15. The van der Waals surface area contributed by atoms with Crippen LogP contribution in [0.25, 0.3) is 0 Å². The van der Waals surface area contributed by atoms with E-state index in [-0.39, 0.29) is 67.6 Å². The number of hydrogen-bond acceptors (Lipinski definition) is 15. The zero-order chi connectivity index (χ0) is 66.2. The first kappa shape index (κ1) is 73.0. The number of nitrogens with zero attached hydrogens (tertiary/aromatic N) is 6. The van der Waals surface area contributed by atoms with Gasteiger partial charge >= 0.3 is 30.5 Å². The summed E-state index contributed by atoms with van der Waals surface area (Å²) in [5, 5.41) is 12.1. The Balaban J connectivity index is 0.000000236. The highest BCUT2D eigenvalue weighted by atomic mass is 32.2. The molecule has 2 fully saturated rings. The summed E-state index contributed by atoms with van der Waals surface area (Å²) in [6, 6.07) is 10.6.